The first-order valence-electron chi connectivity index (χ1n) is 13.6. The quantitative estimate of drug-likeness (QED) is 0.477. The predicted octanol–water partition coefficient (Wildman–Crippen LogP) is 6.00. The zero-order valence-corrected chi connectivity index (χ0v) is 22.4. The van der Waals surface area contributed by atoms with E-state index in [0.29, 0.717) is 17.8 Å². The number of allylic oxidation sites excluding steroid dienone is 2. The molecular weight excluding hydrogens is 420 g/mol. The third-order valence-corrected chi connectivity index (χ3v) is 12.5. The second-order valence-electron chi connectivity index (χ2n) is 14.9. The molecule has 4 saturated carbocycles. The van der Waals surface area contributed by atoms with Gasteiger partial charge in [0.1, 0.15) is 11.9 Å². The molecule has 0 amide bonds. The van der Waals surface area contributed by atoms with Crippen molar-refractivity contribution in [3.8, 4) is 6.07 Å². The normalized spacial score (nSPS) is 51.2. The largest absolute Gasteiger partial charge is 0.325 e. The fourth-order valence-corrected chi connectivity index (χ4v) is 10.3. The Hall–Kier alpha value is -1.47. The minimum absolute atomic E-state index is 0.0184. The lowest BCUT2D eigenvalue weighted by molar-refractivity contribution is -0.212. The van der Waals surface area contributed by atoms with Crippen molar-refractivity contribution in [2.24, 2.45) is 56.5 Å². The molecule has 0 aliphatic heterocycles. The molecule has 0 heterocycles. The summed E-state index contributed by atoms with van der Waals surface area (Å²) in [4.78, 5) is 27.4. The summed E-state index contributed by atoms with van der Waals surface area (Å²) >= 11 is 0. The predicted molar refractivity (Wildman–Crippen MR) is 133 cm³/mol. The molecule has 4 fully saturated rings. The molecule has 5 aliphatic carbocycles. The van der Waals surface area contributed by atoms with Crippen LogP contribution in [0.2, 0.25) is 0 Å². The number of Topliss-reactive ketones (excluding diaryl/α,β-unsaturated/α-hetero) is 2. The van der Waals surface area contributed by atoms with Gasteiger partial charge in [0.25, 0.3) is 0 Å². The maximum absolute atomic E-state index is 14.2. The molecular formula is C30H44N2O2. The number of fused-ring (bicyclic) bond motifs is 7. The topological polar surface area (TPSA) is 83.9 Å². The Morgan fingerprint density at radius 2 is 1.56 bits per heavy atom. The summed E-state index contributed by atoms with van der Waals surface area (Å²) in [5.74, 6) is 0.935. The van der Waals surface area contributed by atoms with Crippen LogP contribution in [0.15, 0.2) is 11.6 Å². The standard InChI is InChI=1S/C30H44N2O2/c1-25(2)10-12-30(32)13-11-29(7)23(19(30)16-25)20(33)14-22-27(5)15-18(17-31)24(34)26(3,4)21(27)8-9-28(22,29)6/h15,19,21-23H,8-14,16,32H2,1-7H3. The first-order chi connectivity index (χ1) is 15.6. The van der Waals surface area contributed by atoms with Gasteiger partial charge in [-0.2, -0.15) is 5.26 Å². The molecule has 0 radical (unpaired) electrons. The molecule has 34 heavy (non-hydrogen) atoms. The van der Waals surface area contributed by atoms with Crippen molar-refractivity contribution in [3.05, 3.63) is 11.6 Å². The Morgan fingerprint density at radius 3 is 2.21 bits per heavy atom. The molecule has 0 saturated heterocycles. The fourth-order valence-electron chi connectivity index (χ4n) is 10.3. The molecule has 186 valence electrons. The number of nitrogens with two attached hydrogens (primary N) is 1. The molecule has 0 aromatic rings. The van der Waals surface area contributed by atoms with E-state index >= 15 is 0 Å². The third kappa shape index (κ3) is 2.80. The van der Waals surface area contributed by atoms with Crippen LogP contribution in [0.4, 0.5) is 0 Å². The van der Waals surface area contributed by atoms with E-state index in [2.05, 4.69) is 40.7 Å². The van der Waals surface area contributed by atoms with Crippen molar-refractivity contribution in [2.75, 3.05) is 0 Å². The average Bonchev–Trinajstić information content (AvgIpc) is 2.74. The number of rotatable bonds is 0. The van der Waals surface area contributed by atoms with Gasteiger partial charge in [0, 0.05) is 23.3 Å². The van der Waals surface area contributed by atoms with E-state index in [1.807, 2.05) is 19.9 Å². The van der Waals surface area contributed by atoms with E-state index in [4.69, 9.17) is 5.73 Å². The van der Waals surface area contributed by atoms with Gasteiger partial charge >= 0.3 is 0 Å². The van der Waals surface area contributed by atoms with Gasteiger partial charge in [0.05, 0.1) is 5.57 Å². The molecule has 2 N–H and O–H groups in total. The molecule has 8 atom stereocenters. The van der Waals surface area contributed by atoms with Crippen molar-refractivity contribution < 1.29 is 9.59 Å². The van der Waals surface area contributed by atoms with E-state index in [0.717, 1.165) is 44.9 Å². The van der Waals surface area contributed by atoms with Gasteiger partial charge in [-0.1, -0.05) is 54.5 Å². The summed E-state index contributed by atoms with van der Waals surface area (Å²) in [7, 11) is 0. The Labute approximate surface area is 206 Å². The van der Waals surface area contributed by atoms with Crippen LogP contribution in [0.1, 0.15) is 99.8 Å². The van der Waals surface area contributed by atoms with Crippen molar-refractivity contribution in [2.45, 2.75) is 105 Å². The SMILES string of the molecule is CC1(C)CCC2(N)CCC3(C)C(C(=O)CC4C5(C)C=C(C#N)C(=O)C(C)(C)C5CCC43C)C2C1. The molecule has 0 spiro atoms. The number of ketones is 2. The van der Waals surface area contributed by atoms with Crippen molar-refractivity contribution in [1.82, 2.24) is 0 Å². The van der Waals surface area contributed by atoms with Crippen LogP contribution in [-0.2, 0) is 9.59 Å². The highest BCUT2D eigenvalue weighted by molar-refractivity contribution is 6.04. The highest BCUT2D eigenvalue weighted by Crippen LogP contribution is 2.74. The van der Waals surface area contributed by atoms with Crippen LogP contribution < -0.4 is 5.73 Å². The molecule has 5 aliphatic rings. The smallest absolute Gasteiger partial charge is 0.178 e. The molecule has 4 heteroatoms. The summed E-state index contributed by atoms with van der Waals surface area (Å²) in [5, 5.41) is 9.84. The molecule has 0 bridgehead atoms. The maximum atomic E-state index is 14.2. The van der Waals surface area contributed by atoms with E-state index in [-0.39, 0.29) is 56.7 Å². The van der Waals surface area contributed by atoms with Gasteiger partial charge in [-0.25, -0.2) is 0 Å². The van der Waals surface area contributed by atoms with Crippen LogP contribution in [-0.4, -0.2) is 17.1 Å². The second-order valence-corrected chi connectivity index (χ2v) is 14.9. The van der Waals surface area contributed by atoms with E-state index in [1.54, 1.807) is 0 Å². The molecule has 8 unspecified atom stereocenters. The third-order valence-electron chi connectivity index (χ3n) is 12.5. The number of nitriles is 1. The average molecular weight is 465 g/mol. The van der Waals surface area contributed by atoms with E-state index < -0.39 is 5.41 Å². The molecule has 5 rings (SSSR count). The summed E-state index contributed by atoms with van der Waals surface area (Å²) in [5.41, 5.74) is 6.38. The summed E-state index contributed by atoms with van der Waals surface area (Å²) in [6.07, 6.45) is 9.76. The Bertz CT molecular complexity index is 1030. The van der Waals surface area contributed by atoms with Crippen molar-refractivity contribution in [3.63, 3.8) is 0 Å². The van der Waals surface area contributed by atoms with Crippen LogP contribution in [0, 0.1) is 62.1 Å². The monoisotopic (exact) mass is 464 g/mol. The minimum atomic E-state index is -0.580. The number of hydrogen-bond acceptors (Lipinski definition) is 4. The first kappa shape index (κ1) is 24.2. The zero-order chi connectivity index (χ0) is 25.1. The van der Waals surface area contributed by atoms with Gasteiger partial charge < -0.3 is 5.73 Å². The fraction of sp³-hybridized carbons (Fsp3) is 0.833. The number of carbonyl (C=O) groups excluding carboxylic acids is 2. The molecule has 0 aromatic carbocycles. The highest BCUT2D eigenvalue weighted by atomic mass is 16.1. The lowest BCUT2D eigenvalue weighted by atomic mass is 9.32. The Balaban J connectivity index is 1.63. The Kier molecular flexibility index (Phi) is 4.88. The summed E-state index contributed by atoms with van der Waals surface area (Å²) in [6, 6.07) is 2.21. The summed E-state index contributed by atoms with van der Waals surface area (Å²) < 4.78 is 0. The van der Waals surface area contributed by atoms with Crippen LogP contribution in [0.25, 0.3) is 0 Å². The summed E-state index contributed by atoms with van der Waals surface area (Å²) in [6.45, 7) is 15.8. The van der Waals surface area contributed by atoms with Crippen molar-refractivity contribution >= 4 is 11.6 Å². The van der Waals surface area contributed by atoms with Crippen LogP contribution in [0.5, 0.6) is 0 Å². The lowest BCUT2D eigenvalue weighted by Crippen LogP contribution is -2.71. The van der Waals surface area contributed by atoms with Crippen molar-refractivity contribution in [1.29, 1.82) is 5.26 Å². The molecule has 0 aromatic heterocycles. The van der Waals surface area contributed by atoms with Gasteiger partial charge in [0.2, 0.25) is 0 Å². The number of hydrogen-bond donors (Lipinski definition) is 1. The second kappa shape index (κ2) is 6.84. The zero-order valence-electron chi connectivity index (χ0n) is 22.4. The van der Waals surface area contributed by atoms with E-state index in [1.165, 1.54) is 0 Å². The Morgan fingerprint density at radius 1 is 0.912 bits per heavy atom. The number of carbonyl (C=O) groups is 2. The highest BCUT2D eigenvalue weighted by Gasteiger charge is 2.71. The van der Waals surface area contributed by atoms with E-state index in [9.17, 15) is 14.9 Å². The lowest BCUT2D eigenvalue weighted by Gasteiger charge is -2.71. The molecule has 4 nitrogen and oxygen atoms in total. The van der Waals surface area contributed by atoms with Gasteiger partial charge in [-0.3, -0.25) is 9.59 Å². The maximum Gasteiger partial charge on any atom is 0.178 e. The first-order valence-corrected chi connectivity index (χ1v) is 13.6. The van der Waals surface area contributed by atoms with Gasteiger partial charge in [-0.05, 0) is 84.4 Å². The minimum Gasteiger partial charge on any atom is -0.325 e. The van der Waals surface area contributed by atoms with Crippen LogP contribution >= 0.6 is 0 Å². The van der Waals surface area contributed by atoms with Crippen LogP contribution in [0.3, 0.4) is 0 Å². The van der Waals surface area contributed by atoms with Gasteiger partial charge in [-0.15, -0.1) is 0 Å². The number of nitrogens with zero attached hydrogens (tertiary/aromatic N) is 1. The van der Waals surface area contributed by atoms with Gasteiger partial charge in [0.15, 0.2) is 5.78 Å².